The van der Waals surface area contributed by atoms with Crippen molar-refractivity contribution in [3.05, 3.63) is 34.1 Å². The minimum atomic E-state index is -0.732. The summed E-state index contributed by atoms with van der Waals surface area (Å²) in [5.74, 6) is -0.345. The summed E-state index contributed by atoms with van der Waals surface area (Å²) in [5.41, 5.74) is 0.372. The fourth-order valence-corrected chi connectivity index (χ4v) is 2.72. The van der Waals surface area contributed by atoms with E-state index < -0.39 is 6.10 Å². The largest absolute Gasteiger partial charge is 0.388 e. The van der Waals surface area contributed by atoms with Crippen LogP contribution in [0.2, 0.25) is 0 Å². The molecule has 2 rings (SSSR count). The van der Waals surface area contributed by atoms with Gasteiger partial charge in [-0.1, -0.05) is 15.9 Å². The molecule has 4 heteroatoms. The second kappa shape index (κ2) is 6.64. The molecule has 0 amide bonds. The van der Waals surface area contributed by atoms with E-state index in [2.05, 4.69) is 15.9 Å². The molecule has 0 saturated carbocycles. The van der Waals surface area contributed by atoms with E-state index in [0.29, 0.717) is 18.1 Å². The van der Waals surface area contributed by atoms with E-state index >= 15 is 0 Å². The van der Waals surface area contributed by atoms with Crippen LogP contribution in [-0.2, 0) is 4.74 Å². The molecule has 0 aromatic heterocycles. The number of benzene rings is 1. The predicted molar refractivity (Wildman–Crippen MR) is 71.9 cm³/mol. The number of hydrogen-bond acceptors (Lipinski definition) is 2. The summed E-state index contributed by atoms with van der Waals surface area (Å²) in [4.78, 5) is 0. The standard InChI is InChI=1S/C14H18BrFO2/c15-10-6-7-13(16)12(9-10)14(17)5-1-3-11-4-2-8-18-11/h6-7,9,11,14,17H,1-5,8H2. The van der Waals surface area contributed by atoms with Gasteiger partial charge in [0.25, 0.3) is 0 Å². The van der Waals surface area contributed by atoms with E-state index in [1.165, 1.54) is 6.07 Å². The van der Waals surface area contributed by atoms with Gasteiger partial charge in [-0.2, -0.15) is 0 Å². The Hall–Kier alpha value is -0.450. The third kappa shape index (κ3) is 3.77. The first-order valence-electron chi connectivity index (χ1n) is 6.41. The van der Waals surface area contributed by atoms with Crippen LogP contribution < -0.4 is 0 Å². The van der Waals surface area contributed by atoms with Crippen LogP contribution in [0.5, 0.6) is 0 Å². The molecule has 1 saturated heterocycles. The van der Waals surface area contributed by atoms with Gasteiger partial charge in [0.2, 0.25) is 0 Å². The lowest BCUT2D eigenvalue weighted by Gasteiger charge is -2.14. The normalized spacial score (nSPS) is 21.2. The molecule has 2 nitrogen and oxygen atoms in total. The van der Waals surface area contributed by atoms with Gasteiger partial charge in [0.1, 0.15) is 5.82 Å². The Morgan fingerprint density at radius 2 is 2.33 bits per heavy atom. The first-order chi connectivity index (χ1) is 8.66. The molecule has 0 aliphatic carbocycles. The Bertz CT molecular complexity index is 391. The summed E-state index contributed by atoms with van der Waals surface area (Å²) in [6, 6.07) is 4.66. The summed E-state index contributed by atoms with van der Waals surface area (Å²) < 4.78 is 19.9. The van der Waals surface area contributed by atoms with Gasteiger partial charge in [0.05, 0.1) is 12.2 Å². The van der Waals surface area contributed by atoms with Crippen LogP contribution in [0.25, 0.3) is 0 Å². The second-order valence-electron chi connectivity index (χ2n) is 4.75. The lowest BCUT2D eigenvalue weighted by Crippen LogP contribution is -2.06. The van der Waals surface area contributed by atoms with E-state index in [4.69, 9.17) is 4.74 Å². The van der Waals surface area contributed by atoms with Crippen LogP contribution in [-0.4, -0.2) is 17.8 Å². The third-order valence-corrected chi connectivity index (χ3v) is 3.84. The number of halogens is 2. The highest BCUT2D eigenvalue weighted by atomic mass is 79.9. The predicted octanol–water partition coefficient (Wildman–Crippen LogP) is 3.97. The average Bonchev–Trinajstić information content (AvgIpc) is 2.85. The molecular formula is C14H18BrFO2. The molecule has 0 bridgehead atoms. The third-order valence-electron chi connectivity index (χ3n) is 3.34. The van der Waals surface area contributed by atoms with Crippen LogP contribution in [0, 0.1) is 5.82 Å². The molecular weight excluding hydrogens is 299 g/mol. The molecule has 2 atom stereocenters. The van der Waals surface area contributed by atoms with Crippen molar-refractivity contribution in [1.82, 2.24) is 0 Å². The van der Waals surface area contributed by atoms with Crippen LogP contribution in [0.15, 0.2) is 22.7 Å². The molecule has 18 heavy (non-hydrogen) atoms. The summed E-state index contributed by atoms with van der Waals surface area (Å²) >= 11 is 3.29. The molecule has 1 aromatic carbocycles. The Balaban J connectivity index is 1.83. The molecule has 0 radical (unpaired) electrons. The molecule has 100 valence electrons. The maximum atomic E-state index is 13.5. The Morgan fingerprint density at radius 1 is 1.50 bits per heavy atom. The Kier molecular flexibility index (Phi) is 5.15. The number of aliphatic hydroxyl groups is 1. The van der Waals surface area contributed by atoms with Gasteiger partial charge in [0.15, 0.2) is 0 Å². The lowest BCUT2D eigenvalue weighted by molar-refractivity contribution is 0.0940. The number of aliphatic hydroxyl groups excluding tert-OH is 1. The van der Waals surface area contributed by atoms with E-state index in [0.717, 1.165) is 36.8 Å². The quantitative estimate of drug-likeness (QED) is 0.890. The summed E-state index contributed by atoms with van der Waals surface area (Å²) in [7, 11) is 0. The van der Waals surface area contributed by atoms with Crippen LogP contribution >= 0.6 is 15.9 Å². The minimum absolute atomic E-state index is 0.338. The van der Waals surface area contributed by atoms with Crippen molar-refractivity contribution >= 4 is 15.9 Å². The van der Waals surface area contributed by atoms with Gasteiger partial charge >= 0.3 is 0 Å². The highest BCUT2D eigenvalue weighted by Crippen LogP contribution is 2.26. The summed E-state index contributed by atoms with van der Waals surface area (Å²) in [5, 5.41) is 10.00. The zero-order valence-electron chi connectivity index (χ0n) is 10.2. The van der Waals surface area contributed by atoms with Gasteiger partial charge in [-0.15, -0.1) is 0 Å². The van der Waals surface area contributed by atoms with Gasteiger partial charge < -0.3 is 9.84 Å². The SMILES string of the molecule is OC(CCCC1CCCO1)c1cc(Br)ccc1F. The van der Waals surface area contributed by atoms with Gasteiger partial charge in [-0.05, 0) is 50.3 Å². The Morgan fingerprint density at radius 3 is 3.06 bits per heavy atom. The summed E-state index contributed by atoms with van der Waals surface area (Å²) in [6.45, 7) is 0.855. The highest BCUT2D eigenvalue weighted by Gasteiger charge is 2.17. The number of ether oxygens (including phenoxy) is 1. The zero-order valence-corrected chi connectivity index (χ0v) is 11.8. The zero-order chi connectivity index (χ0) is 13.0. The Labute approximate surface area is 115 Å². The molecule has 1 aromatic rings. The second-order valence-corrected chi connectivity index (χ2v) is 5.66. The molecule has 0 spiro atoms. The molecule has 1 heterocycles. The maximum absolute atomic E-state index is 13.5. The first-order valence-corrected chi connectivity index (χ1v) is 7.20. The van der Waals surface area contributed by atoms with E-state index in [1.54, 1.807) is 12.1 Å². The van der Waals surface area contributed by atoms with Gasteiger partial charge in [-0.25, -0.2) is 4.39 Å². The molecule has 2 unspecified atom stereocenters. The van der Waals surface area contributed by atoms with Crippen LogP contribution in [0.4, 0.5) is 4.39 Å². The van der Waals surface area contributed by atoms with Crippen molar-refractivity contribution in [1.29, 1.82) is 0 Å². The monoisotopic (exact) mass is 316 g/mol. The highest BCUT2D eigenvalue weighted by molar-refractivity contribution is 9.10. The first kappa shape index (κ1) is 14.0. The van der Waals surface area contributed by atoms with E-state index in [1.807, 2.05) is 0 Å². The average molecular weight is 317 g/mol. The maximum Gasteiger partial charge on any atom is 0.129 e. The fourth-order valence-electron chi connectivity index (χ4n) is 2.34. The summed E-state index contributed by atoms with van der Waals surface area (Å²) in [6.07, 6.45) is 4.24. The van der Waals surface area contributed by atoms with Crippen molar-refractivity contribution in [2.75, 3.05) is 6.61 Å². The fraction of sp³-hybridized carbons (Fsp3) is 0.571. The molecule has 1 N–H and O–H groups in total. The van der Waals surface area contributed by atoms with Crippen molar-refractivity contribution in [2.45, 2.75) is 44.3 Å². The minimum Gasteiger partial charge on any atom is -0.388 e. The molecule has 1 aliphatic heterocycles. The van der Waals surface area contributed by atoms with Crippen LogP contribution in [0.3, 0.4) is 0 Å². The molecule has 1 fully saturated rings. The smallest absolute Gasteiger partial charge is 0.129 e. The van der Waals surface area contributed by atoms with Crippen molar-refractivity contribution in [3.63, 3.8) is 0 Å². The number of rotatable bonds is 5. The number of hydrogen-bond donors (Lipinski definition) is 1. The lowest BCUT2D eigenvalue weighted by atomic mass is 10.0. The van der Waals surface area contributed by atoms with Crippen molar-refractivity contribution in [3.8, 4) is 0 Å². The molecule has 1 aliphatic rings. The van der Waals surface area contributed by atoms with Crippen molar-refractivity contribution in [2.24, 2.45) is 0 Å². The topological polar surface area (TPSA) is 29.5 Å². The van der Waals surface area contributed by atoms with E-state index in [-0.39, 0.29) is 5.82 Å². The van der Waals surface area contributed by atoms with Crippen LogP contribution in [0.1, 0.15) is 43.8 Å². The van der Waals surface area contributed by atoms with Gasteiger partial charge in [0, 0.05) is 16.6 Å². The van der Waals surface area contributed by atoms with Gasteiger partial charge in [-0.3, -0.25) is 0 Å². The van der Waals surface area contributed by atoms with Crippen molar-refractivity contribution < 1.29 is 14.2 Å². The van der Waals surface area contributed by atoms with E-state index in [9.17, 15) is 9.50 Å².